The van der Waals surface area contributed by atoms with Gasteiger partial charge in [-0.1, -0.05) is 0 Å². The molecule has 3 rings (SSSR count). The van der Waals surface area contributed by atoms with Gasteiger partial charge in [-0.15, -0.1) is 0 Å². The fourth-order valence-electron chi connectivity index (χ4n) is 3.35. The quantitative estimate of drug-likeness (QED) is 0.677. The Hall–Kier alpha value is -2.18. The summed E-state index contributed by atoms with van der Waals surface area (Å²) in [5.74, 6) is 0.874. The minimum atomic E-state index is -0.518. The van der Waals surface area contributed by atoms with Gasteiger partial charge in [0.25, 0.3) is 11.6 Å². The maximum absolute atomic E-state index is 12.7. The standard InChI is InChI=1S/C14H18N4O3/c1-2-15-13-12(6-11(7-16-13)18(20)21)14(19)17-8-9-3-4-10(17)5-9/h6-7,9-10H,2-5,8H2,1H3,(H,15,16). The molecule has 0 aromatic carbocycles. The Bertz CT molecular complexity index is 590. The SMILES string of the molecule is CCNc1ncc([N+](=O)[O-])cc1C(=O)N1CC2CCC1C2. The molecule has 21 heavy (non-hydrogen) atoms. The average Bonchev–Trinajstić information content (AvgIpc) is 3.09. The zero-order valence-corrected chi connectivity index (χ0v) is 11.9. The number of hydrogen-bond donors (Lipinski definition) is 1. The van der Waals surface area contributed by atoms with Gasteiger partial charge in [0, 0.05) is 25.2 Å². The molecule has 0 radical (unpaired) electrons. The monoisotopic (exact) mass is 290 g/mol. The lowest BCUT2D eigenvalue weighted by Crippen LogP contribution is -2.38. The van der Waals surface area contributed by atoms with E-state index in [1.807, 2.05) is 11.8 Å². The van der Waals surface area contributed by atoms with Crippen molar-refractivity contribution in [3.63, 3.8) is 0 Å². The van der Waals surface area contributed by atoms with Crippen LogP contribution in [0.15, 0.2) is 12.3 Å². The molecule has 1 aliphatic carbocycles. The second-order valence-electron chi connectivity index (χ2n) is 5.67. The van der Waals surface area contributed by atoms with Gasteiger partial charge in [0.15, 0.2) is 0 Å². The number of pyridine rings is 1. The Balaban J connectivity index is 1.93. The molecule has 1 saturated heterocycles. The van der Waals surface area contributed by atoms with E-state index < -0.39 is 4.92 Å². The van der Waals surface area contributed by atoms with Crippen LogP contribution in [0.3, 0.4) is 0 Å². The van der Waals surface area contributed by atoms with E-state index in [2.05, 4.69) is 10.3 Å². The Kier molecular flexibility index (Phi) is 3.48. The predicted molar refractivity (Wildman–Crippen MR) is 77.2 cm³/mol. The summed E-state index contributed by atoms with van der Waals surface area (Å²) < 4.78 is 0. The van der Waals surface area contributed by atoms with Gasteiger partial charge in [-0.3, -0.25) is 14.9 Å². The van der Waals surface area contributed by atoms with Gasteiger partial charge in [0.1, 0.15) is 12.0 Å². The van der Waals surface area contributed by atoms with E-state index in [0.29, 0.717) is 23.8 Å². The van der Waals surface area contributed by atoms with Crippen molar-refractivity contribution in [3.05, 3.63) is 27.9 Å². The van der Waals surface area contributed by atoms with Gasteiger partial charge in [-0.05, 0) is 32.1 Å². The lowest BCUT2D eigenvalue weighted by molar-refractivity contribution is -0.385. The van der Waals surface area contributed by atoms with E-state index in [-0.39, 0.29) is 17.6 Å². The van der Waals surface area contributed by atoms with Gasteiger partial charge in [0.2, 0.25) is 0 Å². The smallest absolute Gasteiger partial charge is 0.288 e. The number of hydrogen-bond acceptors (Lipinski definition) is 5. The Morgan fingerprint density at radius 1 is 1.57 bits per heavy atom. The second-order valence-corrected chi connectivity index (χ2v) is 5.67. The number of amides is 1. The minimum Gasteiger partial charge on any atom is -0.370 e. The van der Waals surface area contributed by atoms with Crippen LogP contribution >= 0.6 is 0 Å². The van der Waals surface area contributed by atoms with E-state index in [0.717, 1.165) is 19.4 Å². The molecule has 1 N–H and O–H groups in total. The number of piperidine rings is 1. The van der Waals surface area contributed by atoms with E-state index in [1.165, 1.54) is 18.7 Å². The summed E-state index contributed by atoms with van der Waals surface area (Å²) in [6, 6.07) is 1.62. The molecule has 1 aromatic heterocycles. The highest BCUT2D eigenvalue weighted by Crippen LogP contribution is 2.38. The number of fused-ring (bicyclic) bond motifs is 2. The molecule has 2 bridgehead atoms. The first-order chi connectivity index (χ1) is 10.1. The molecule has 2 atom stereocenters. The first-order valence-corrected chi connectivity index (χ1v) is 7.29. The number of aromatic nitrogens is 1. The van der Waals surface area contributed by atoms with Crippen molar-refractivity contribution in [3.8, 4) is 0 Å². The highest BCUT2D eigenvalue weighted by Gasteiger charge is 2.41. The molecule has 1 amide bonds. The second kappa shape index (κ2) is 5.31. The van der Waals surface area contributed by atoms with Gasteiger partial charge in [-0.25, -0.2) is 4.98 Å². The van der Waals surface area contributed by atoms with Crippen molar-refractivity contribution >= 4 is 17.4 Å². The largest absolute Gasteiger partial charge is 0.370 e. The first kappa shape index (κ1) is 13.8. The van der Waals surface area contributed by atoms with Crippen LogP contribution < -0.4 is 5.32 Å². The van der Waals surface area contributed by atoms with Crippen molar-refractivity contribution in [1.82, 2.24) is 9.88 Å². The molecule has 7 nitrogen and oxygen atoms in total. The van der Waals surface area contributed by atoms with Crippen molar-refractivity contribution in [2.75, 3.05) is 18.4 Å². The Labute approximate surface area is 122 Å². The fraction of sp³-hybridized carbons (Fsp3) is 0.571. The number of carbonyl (C=O) groups excluding carboxylic acids is 1. The van der Waals surface area contributed by atoms with Crippen LogP contribution in [0.1, 0.15) is 36.5 Å². The highest BCUT2D eigenvalue weighted by atomic mass is 16.6. The lowest BCUT2D eigenvalue weighted by Gasteiger charge is -2.27. The zero-order chi connectivity index (χ0) is 15.0. The van der Waals surface area contributed by atoms with Crippen LogP contribution in [-0.4, -0.2) is 39.8 Å². The number of anilines is 1. The molecule has 112 valence electrons. The Morgan fingerprint density at radius 2 is 2.38 bits per heavy atom. The topological polar surface area (TPSA) is 88.4 Å². The summed E-state index contributed by atoms with van der Waals surface area (Å²) in [5, 5.41) is 13.9. The first-order valence-electron chi connectivity index (χ1n) is 7.29. The van der Waals surface area contributed by atoms with Gasteiger partial charge in [-0.2, -0.15) is 0 Å². The maximum atomic E-state index is 12.7. The molecule has 1 aromatic rings. The maximum Gasteiger partial charge on any atom is 0.288 e. The zero-order valence-electron chi connectivity index (χ0n) is 11.9. The van der Waals surface area contributed by atoms with Gasteiger partial charge >= 0.3 is 0 Å². The summed E-state index contributed by atoms with van der Waals surface area (Å²) in [6.45, 7) is 3.27. The predicted octanol–water partition coefficient (Wildman–Crippen LogP) is 2.05. The summed E-state index contributed by atoms with van der Waals surface area (Å²) in [7, 11) is 0. The molecule has 0 spiro atoms. The molecular formula is C14H18N4O3. The molecular weight excluding hydrogens is 272 g/mol. The third kappa shape index (κ3) is 2.43. The van der Waals surface area contributed by atoms with Crippen LogP contribution in [0, 0.1) is 16.0 Å². The molecule has 1 aliphatic heterocycles. The number of rotatable bonds is 4. The average molecular weight is 290 g/mol. The third-order valence-corrected chi connectivity index (χ3v) is 4.33. The van der Waals surface area contributed by atoms with Crippen LogP contribution in [-0.2, 0) is 0 Å². The van der Waals surface area contributed by atoms with Gasteiger partial charge < -0.3 is 10.2 Å². The van der Waals surface area contributed by atoms with E-state index in [4.69, 9.17) is 0 Å². The molecule has 2 unspecified atom stereocenters. The third-order valence-electron chi connectivity index (χ3n) is 4.33. The van der Waals surface area contributed by atoms with Crippen molar-refractivity contribution in [2.24, 2.45) is 5.92 Å². The number of likely N-dealkylation sites (tertiary alicyclic amines) is 1. The van der Waals surface area contributed by atoms with Crippen LogP contribution in [0.25, 0.3) is 0 Å². The summed E-state index contributed by atoms with van der Waals surface area (Å²) in [4.78, 5) is 29.0. The molecule has 1 saturated carbocycles. The molecule has 2 aliphatic rings. The number of nitrogens with one attached hydrogen (secondary N) is 1. The normalized spacial score (nSPS) is 23.4. The van der Waals surface area contributed by atoms with Crippen LogP contribution in [0.5, 0.6) is 0 Å². The highest BCUT2D eigenvalue weighted by molar-refractivity contribution is 5.99. The van der Waals surface area contributed by atoms with Crippen LogP contribution in [0.4, 0.5) is 11.5 Å². The van der Waals surface area contributed by atoms with Crippen LogP contribution in [0.2, 0.25) is 0 Å². The summed E-state index contributed by atoms with van der Waals surface area (Å²) in [5.41, 5.74) is 0.156. The number of carbonyl (C=O) groups is 1. The number of nitro groups is 1. The number of nitrogens with zero attached hydrogens (tertiary/aromatic N) is 3. The summed E-state index contributed by atoms with van der Waals surface area (Å²) in [6.07, 6.45) is 4.46. The summed E-state index contributed by atoms with van der Waals surface area (Å²) >= 11 is 0. The van der Waals surface area contributed by atoms with Crippen molar-refractivity contribution in [2.45, 2.75) is 32.2 Å². The van der Waals surface area contributed by atoms with E-state index >= 15 is 0 Å². The lowest BCUT2D eigenvalue weighted by atomic mass is 10.1. The van der Waals surface area contributed by atoms with E-state index in [1.54, 1.807) is 0 Å². The molecule has 2 fully saturated rings. The van der Waals surface area contributed by atoms with Crippen molar-refractivity contribution < 1.29 is 9.72 Å². The Morgan fingerprint density at radius 3 is 2.95 bits per heavy atom. The fourth-order valence-corrected chi connectivity index (χ4v) is 3.35. The van der Waals surface area contributed by atoms with Crippen molar-refractivity contribution in [1.29, 1.82) is 0 Å². The van der Waals surface area contributed by atoms with Gasteiger partial charge in [0.05, 0.1) is 10.5 Å². The minimum absolute atomic E-state index is 0.144. The van der Waals surface area contributed by atoms with E-state index in [9.17, 15) is 14.9 Å². The molecule has 2 heterocycles. The molecule has 7 heteroatoms.